The van der Waals surface area contributed by atoms with Crippen molar-refractivity contribution in [1.29, 1.82) is 0 Å². The van der Waals surface area contributed by atoms with Crippen molar-refractivity contribution in [3.8, 4) is 11.5 Å². The molecule has 0 fully saturated rings. The first-order valence-corrected chi connectivity index (χ1v) is 9.37. The molecule has 3 aromatic rings. The SMILES string of the molecule is CCCNC(=O)CC(c1ccc2c(c1)OCO2)c1cn(C)c2ccccc12. The molecule has 1 amide bonds. The van der Waals surface area contributed by atoms with Crippen molar-refractivity contribution < 1.29 is 14.3 Å². The van der Waals surface area contributed by atoms with E-state index in [1.807, 2.05) is 37.4 Å². The van der Waals surface area contributed by atoms with Crippen molar-refractivity contribution in [2.75, 3.05) is 13.3 Å². The van der Waals surface area contributed by atoms with Gasteiger partial charge in [-0.25, -0.2) is 0 Å². The Kier molecular flexibility index (Phi) is 4.75. The zero-order chi connectivity index (χ0) is 18.8. The molecule has 2 aromatic carbocycles. The molecule has 0 radical (unpaired) electrons. The largest absolute Gasteiger partial charge is 0.454 e. The number of aromatic nitrogens is 1. The van der Waals surface area contributed by atoms with E-state index in [-0.39, 0.29) is 18.6 Å². The van der Waals surface area contributed by atoms with Crippen LogP contribution in [0.15, 0.2) is 48.7 Å². The van der Waals surface area contributed by atoms with Gasteiger partial charge in [0.05, 0.1) is 0 Å². The summed E-state index contributed by atoms with van der Waals surface area (Å²) >= 11 is 0. The monoisotopic (exact) mass is 364 g/mol. The fourth-order valence-electron chi connectivity index (χ4n) is 3.71. The molecule has 1 aromatic heterocycles. The lowest BCUT2D eigenvalue weighted by atomic mass is 9.87. The van der Waals surface area contributed by atoms with Crippen LogP contribution in [0.5, 0.6) is 11.5 Å². The van der Waals surface area contributed by atoms with E-state index in [1.54, 1.807) is 0 Å². The minimum absolute atomic E-state index is 0.0533. The number of fused-ring (bicyclic) bond motifs is 2. The van der Waals surface area contributed by atoms with Gasteiger partial charge in [-0.15, -0.1) is 0 Å². The summed E-state index contributed by atoms with van der Waals surface area (Å²) in [6.07, 6.45) is 3.45. The molecule has 140 valence electrons. The molecule has 1 aliphatic rings. The van der Waals surface area contributed by atoms with E-state index in [0.717, 1.165) is 34.6 Å². The van der Waals surface area contributed by atoms with E-state index in [9.17, 15) is 4.79 Å². The lowest BCUT2D eigenvalue weighted by Crippen LogP contribution is -2.26. The number of nitrogens with zero attached hydrogens (tertiary/aromatic N) is 1. The summed E-state index contributed by atoms with van der Waals surface area (Å²) in [4.78, 5) is 12.6. The molecule has 2 heterocycles. The lowest BCUT2D eigenvalue weighted by Gasteiger charge is -2.17. The molecule has 0 saturated carbocycles. The van der Waals surface area contributed by atoms with Crippen LogP contribution in [0.25, 0.3) is 10.9 Å². The van der Waals surface area contributed by atoms with Gasteiger partial charge >= 0.3 is 0 Å². The Morgan fingerprint density at radius 2 is 2.00 bits per heavy atom. The smallest absolute Gasteiger partial charge is 0.231 e. The van der Waals surface area contributed by atoms with Crippen molar-refractivity contribution in [3.05, 3.63) is 59.8 Å². The van der Waals surface area contributed by atoms with E-state index in [1.165, 1.54) is 5.39 Å². The first-order chi connectivity index (χ1) is 13.2. The van der Waals surface area contributed by atoms with Crippen LogP contribution in [0.4, 0.5) is 0 Å². The van der Waals surface area contributed by atoms with Gasteiger partial charge in [0.25, 0.3) is 0 Å². The molecule has 4 rings (SSSR count). The number of hydrogen-bond donors (Lipinski definition) is 1. The number of ether oxygens (including phenoxy) is 2. The highest BCUT2D eigenvalue weighted by Gasteiger charge is 2.24. The van der Waals surface area contributed by atoms with Crippen LogP contribution < -0.4 is 14.8 Å². The third kappa shape index (κ3) is 3.37. The van der Waals surface area contributed by atoms with Gasteiger partial charge in [0.1, 0.15) is 0 Å². The van der Waals surface area contributed by atoms with E-state index in [2.05, 4.69) is 35.1 Å². The molecule has 27 heavy (non-hydrogen) atoms. The van der Waals surface area contributed by atoms with Crippen molar-refractivity contribution in [3.63, 3.8) is 0 Å². The van der Waals surface area contributed by atoms with Gasteiger partial charge in [0, 0.05) is 43.0 Å². The van der Waals surface area contributed by atoms with Gasteiger partial charge in [-0.1, -0.05) is 31.2 Å². The highest BCUT2D eigenvalue weighted by atomic mass is 16.7. The summed E-state index contributed by atoms with van der Waals surface area (Å²) in [5.74, 6) is 1.51. The third-order valence-electron chi connectivity index (χ3n) is 5.06. The van der Waals surface area contributed by atoms with Gasteiger partial charge in [-0.3, -0.25) is 4.79 Å². The zero-order valence-electron chi connectivity index (χ0n) is 15.7. The third-order valence-corrected chi connectivity index (χ3v) is 5.06. The van der Waals surface area contributed by atoms with Crippen LogP contribution in [0.1, 0.15) is 36.8 Å². The molecule has 0 aliphatic carbocycles. The van der Waals surface area contributed by atoms with Crippen molar-refractivity contribution in [2.24, 2.45) is 7.05 Å². The zero-order valence-corrected chi connectivity index (χ0v) is 15.7. The number of nitrogens with one attached hydrogen (secondary N) is 1. The van der Waals surface area contributed by atoms with E-state index < -0.39 is 0 Å². The Morgan fingerprint density at radius 1 is 1.19 bits per heavy atom. The number of carbonyl (C=O) groups excluding carboxylic acids is 1. The maximum Gasteiger partial charge on any atom is 0.231 e. The Bertz CT molecular complexity index is 977. The van der Waals surface area contributed by atoms with Gasteiger partial charge in [0.15, 0.2) is 11.5 Å². The molecular formula is C22H24N2O3. The van der Waals surface area contributed by atoms with Gasteiger partial charge in [0.2, 0.25) is 12.7 Å². The maximum absolute atomic E-state index is 12.6. The normalized spacial score (nSPS) is 13.7. The Balaban J connectivity index is 1.77. The Morgan fingerprint density at radius 3 is 2.85 bits per heavy atom. The van der Waals surface area contributed by atoms with Crippen molar-refractivity contribution >= 4 is 16.8 Å². The summed E-state index contributed by atoms with van der Waals surface area (Å²) in [6.45, 7) is 3.00. The maximum atomic E-state index is 12.6. The number of aryl methyl sites for hydroxylation is 1. The fraction of sp³-hybridized carbons (Fsp3) is 0.318. The minimum Gasteiger partial charge on any atom is -0.454 e. The molecule has 0 saturated heterocycles. The van der Waals surface area contributed by atoms with Crippen LogP contribution >= 0.6 is 0 Å². The summed E-state index contributed by atoms with van der Waals surface area (Å²) in [6, 6.07) is 14.3. The number of benzene rings is 2. The second-order valence-corrected chi connectivity index (χ2v) is 6.93. The summed E-state index contributed by atoms with van der Waals surface area (Å²) in [5, 5.41) is 4.18. The van der Waals surface area contributed by atoms with Crippen LogP contribution in [-0.2, 0) is 11.8 Å². The lowest BCUT2D eigenvalue weighted by molar-refractivity contribution is -0.121. The second kappa shape index (κ2) is 7.35. The number of carbonyl (C=O) groups is 1. The van der Waals surface area contributed by atoms with E-state index in [4.69, 9.17) is 9.47 Å². The van der Waals surface area contributed by atoms with Gasteiger partial charge in [-0.2, -0.15) is 0 Å². The van der Waals surface area contributed by atoms with Crippen LogP contribution in [0, 0.1) is 0 Å². The number of hydrogen-bond acceptors (Lipinski definition) is 3. The predicted octanol–water partition coefficient (Wildman–Crippen LogP) is 3.96. The molecule has 1 atom stereocenters. The molecular weight excluding hydrogens is 340 g/mol. The molecule has 5 nitrogen and oxygen atoms in total. The van der Waals surface area contributed by atoms with E-state index in [0.29, 0.717) is 13.0 Å². The molecule has 5 heteroatoms. The molecule has 1 aliphatic heterocycles. The highest BCUT2D eigenvalue weighted by Crippen LogP contribution is 2.39. The van der Waals surface area contributed by atoms with Crippen LogP contribution in [0.2, 0.25) is 0 Å². The number of rotatable bonds is 6. The molecule has 0 bridgehead atoms. The van der Waals surface area contributed by atoms with Crippen molar-refractivity contribution in [1.82, 2.24) is 9.88 Å². The standard InChI is InChI=1S/C22H24N2O3/c1-3-10-23-22(25)12-17(15-8-9-20-21(11-15)27-14-26-20)18-13-24(2)19-7-5-4-6-16(18)19/h4-9,11,13,17H,3,10,12,14H2,1-2H3,(H,23,25). The second-order valence-electron chi connectivity index (χ2n) is 6.93. The molecule has 1 unspecified atom stereocenters. The first-order valence-electron chi connectivity index (χ1n) is 9.37. The highest BCUT2D eigenvalue weighted by molar-refractivity contribution is 5.86. The summed E-state index contributed by atoms with van der Waals surface area (Å²) in [5.41, 5.74) is 3.37. The number of para-hydroxylation sites is 1. The fourth-order valence-corrected chi connectivity index (χ4v) is 3.71. The Hall–Kier alpha value is -2.95. The van der Waals surface area contributed by atoms with Crippen molar-refractivity contribution in [2.45, 2.75) is 25.7 Å². The van der Waals surface area contributed by atoms with Gasteiger partial charge in [-0.05, 0) is 35.7 Å². The minimum atomic E-state index is -0.0533. The predicted molar refractivity (Wildman–Crippen MR) is 105 cm³/mol. The molecule has 1 N–H and O–H groups in total. The Labute approximate surface area is 158 Å². The average Bonchev–Trinajstić information content (AvgIpc) is 3.29. The van der Waals surface area contributed by atoms with E-state index >= 15 is 0 Å². The quantitative estimate of drug-likeness (QED) is 0.720. The molecule has 0 spiro atoms. The van der Waals surface area contributed by atoms with Gasteiger partial charge < -0.3 is 19.4 Å². The van der Waals surface area contributed by atoms with Crippen LogP contribution in [0.3, 0.4) is 0 Å². The topological polar surface area (TPSA) is 52.5 Å². The van der Waals surface area contributed by atoms with Crippen LogP contribution in [-0.4, -0.2) is 23.8 Å². The summed E-state index contributed by atoms with van der Waals surface area (Å²) in [7, 11) is 2.04. The average molecular weight is 364 g/mol. The first kappa shape index (κ1) is 17.5. The summed E-state index contributed by atoms with van der Waals surface area (Å²) < 4.78 is 13.1. The number of amides is 1.